The van der Waals surface area contributed by atoms with Gasteiger partial charge in [-0.3, -0.25) is 0 Å². The van der Waals surface area contributed by atoms with Crippen LogP contribution in [0.1, 0.15) is 5.56 Å². The summed E-state index contributed by atoms with van der Waals surface area (Å²) in [5.41, 5.74) is 5.54. The van der Waals surface area contributed by atoms with E-state index in [4.69, 9.17) is 5.73 Å². The molecule has 0 aliphatic rings. The molecule has 0 spiro atoms. The highest BCUT2D eigenvalue weighted by molar-refractivity contribution is 9.10. The number of nitrogens with two attached hydrogens (primary N) is 1. The third-order valence-corrected chi connectivity index (χ3v) is 4.94. The molecule has 0 fully saturated rings. The van der Waals surface area contributed by atoms with Crippen molar-refractivity contribution in [3.8, 4) is 0 Å². The Hall–Kier alpha value is -0.880. The zero-order valence-corrected chi connectivity index (χ0v) is 12.7. The van der Waals surface area contributed by atoms with E-state index in [0.717, 1.165) is 15.1 Å². The van der Waals surface area contributed by atoms with Gasteiger partial charge in [-0.25, -0.2) is 4.98 Å². The molecular weight excluding hydrogens is 324 g/mol. The van der Waals surface area contributed by atoms with E-state index < -0.39 is 5.60 Å². The molecule has 0 saturated carbocycles. The Morgan fingerprint density at radius 1 is 1.21 bits per heavy atom. The van der Waals surface area contributed by atoms with Crippen molar-refractivity contribution in [1.82, 2.24) is 4.98 Å². The number of hydrogen-bond acceptors (Lipinski definition) is 4. The first kappa shape index (κ1) is 14.5. The highest BCUT2D eigenvalue weighted by Gasteiger charge is 2.28. The van der Waals surface area contributed by atoms with Gasteiger partial charge in [0.05, 0.1) is 0 Å². The van der Waals surface area contributed by atoms with Gasteiger partial charge in [-0.05, 0) is 33.6 Å². The highest BCUT2D eigenvalue weighted by atomic mass is 79.9. The minimum Gasteiger partial charge on any atom is -0.383 e. The second kappa shape index (κ2) is 6.52. The second-order valence-corrected chi connectivity index (χ2v) is 6.00. The molecule has 0 aliphatic heterocycles. The van der Waals surface area contributed by atoms with Crippen molar-refractivity contribution < 1.29 is 5.11 Å². The SMILES string of the molecule is NCC(O)(CSc1ncccc1Br)c1ccccc1. The standard InChI is InChI=1S/C14H15BrN2OS/c15-12-7-4-8-17-13(12)19-10-14(18,9-16)11-5-2-1-3-6-11/h1-8,18H,9-10,16H2. The topological polar surface area (TPSA) is 59.1 Å². The fourth-order valence-corrected chi connectivity index (χ4v) is 3.27. The largest absolute Gasteiger partial charge is 0.383 e. The summed E-state index contributed by atoms with van der Waals surface area (Å²) < 4.78 is 0.924. The molecule has 3 nitrogen and oxygen atoms in total. The van der Waals surface area contributed by atoms with E-state index in [0.29, 0.717) is 5.75 Å². The van der Waals surface area contributed by atoms with Gasteiger partial charge in [0, 0.05) is 23.0 Å². The van der Waals surface area contributed by atoms with Crippen molar-refractivity contribution in [3.63, 3.8) is 0 Å². The van der Waals surface area contributed by atoms with Crippen molar-refractivity contribution in [1.29, 1.82) is 0 Å². The van der Waals surface area contributed by atoms with Gasteiger partial charge in [0.1, 0.15) is 10.6 Å². The third-order valence-electron chi connectivity index (χ3n) is 2.82. The summed E-state index contributed by atoms with van der Waals surface area (Å²) in [6.45, 7) is 0.175. The average Bonchev–Trinajstić information content (AvgIpc) is 2.47. The number of aromatic nitrogens is 1. The number of nitrogens with zero attached hydrogens (tertiary/aromatic N) is 1. The summed E-state index contributed by atoms with van der Waals surface area (Å²) in [5, 5.41) is 11.5. The van der Waals surface area contributed by atoms with E-state index >= 15 is 0 Å². The maximum atomic E-state index is 10.7. The zero-order valence-electron chi connectivity index (χ0n) is 10.3. The molecule has 1 heterocycles. The Morgan fingerprint density at radius 3 is 2.58 bits per heavy atom. The Labute approximate surface area is 125 Å². The minimum atomic E-state index is -1.04. The summed E-state index contributed by atoms with van der Waals surface area (Å²) in [7, 11) is 0. The molecule has 0 saturated heterocycles. The lowest BCUT2D eigenvalue weighted by atomic mass is 9.96. The Balaban J connectivity index is 2.14. The Bertz CT molecular complexity index is 538. The van der Waals surface area contributed by atoms with E-state index in [-0.39, 0.29) is 6.54 Å². The minimum absolute atomic E-state index is 0.175. The van der Waals surface area contributed by atoms with E-state index in [1.165, 1.54) is 11.8 Å². The lowest BCUT2D eigenvalue weighted by Crippen LogP contribution is -2.37. The predicted molar refractivity (Wildman–Crippen MR) is 82.1 cm³/mol. The number of thioether (sulfide) groups is 1. The van der Waals surface area contributed by atoms with Crippen molar-refractivity contribution in [2.24, 2.45) is 5.73 Å². The monoisotopic (exact) mass is 338 g/mol. The normalized spacial score (nSPS) is 14.1. The van der Waals surface area contributed by atoms with E-state index in [1.807, 2.05) is 42.5 Å². The molecule has 1 aromatic heterocycles. The summed E-state index contributed by atoms with van der Waals surface area (Å²) in [4.78, 5) is 4.27. The van der Waals surface area contributed by atoms with E-state index in [9.17, 15) is 5.11 Å². The third kappa shape index (κ3) is 3.57. The van der Waals surface area contributed by atoms with E-state index in [1.54, 1.807) is 6.20 Å². The van der Waals surface area contributed by atoms with Gasteiger partial charge in [-0.1, -0.05) is 30.3 Å². The van der Waals surface area contributed by atoms with Gasteiger partial charge >= 0.3 is 0 Å². The van der Waals surface area contributed by atoms with Gasteiger partial charge in [0.15, 0.2) is 0 Å². The maximum absolute atomic E-state index is 10.7. The molecule has 2 aromatic rings. The molecule has 100 valence electrons. The van der Waals surface area contributed by atoms with Crippen LogP contribution in [0.4, 0.5) is 0 Å². The summed E-state index contributed by atoms with van der Waals surface area (Å²) in [6.07, 6.45) is 1.73. The lowest BCUT2D eigenvalue weighted by Gasteiger charge is -2.26. The van der Waals surface area contributed by atoms with Crippen molar-refractivity contribution >= 4 is 27.7 Å². The first-order valence-electron chi connectivity index (χ1n) is 5.87. The first-order chi connectivity index (χ1) is 9.15. The van der Waals surface area contributed by atoms with Crippen LogP contribution in [-0.2, 0) is 5.60 Å². The van der Waals surface area contributed by atoms with Gasteiger partial charge in [0.2, 0.25) is 0 Å². The van der Waals surface area contributed by atoms with Gasteiger partial charge in [0.25, 0.3) is 0 Å². The first-order valence-corrected chi connectivity index (χ1v) is 7.65. The molecule has 0 bridgehead atoms. The molecule has 1 aromatic carbocycles. The molecule has 1 atom stereocenters. The van der Waals surface area contributed by atoms with Gasteiger partial charge in [-0.2, -0.15) is 0 Å². The van der Waals surface area contributed by atoms with Crippen LogP contribution in [0.3, 0.4) is 0 Å². The van der Waals surface area contributed by atoms with Crippen molar-refractivity contribution in [2.75, 3.05) is 12.3 Å². The van der Waals surface area contributed by atoms with Crippen LogP contribution in [0, 0.1) is 0 Å². The van der Waals surface area contributed by atoms with Crippen LogP contribution >= 0.6 is 27.7 Å². The Morgan fingerprint density at radius 2 is 1.95 bits per heavy atom. The Kier molecular flexibility index (Phi) is 4.99. The fraction of sp³-hybridized carbons (Fsp3) is 0.214. The van der Waals surface area contributed by atoms with Crippen LogP contribution in [-0.4, -0.2) is 22.4 Å². The van der Waals surface area contributed by atoms with Crippen LogP contribution < -0.4 is 5.73 Å². The average molecular weight is 339 g/mol. The molecule has 5 heteroatoms. The van der Waals surface area contributed by atoms with Crippen LogP contribution in [0.5, 0.6) is 0 Å². The number of pyridine rings is 1. The molecular formula is C14H15BrN2OS. The quantitative estimate of drug-likeness (QED) is 0.823. The summed E-state index contributed by atoms with van der Waals surface area (Å²) in [5.74, 6) is 0.461. The number of halogens is 1. The molecule has 0 aliphatic carbocycles. The van der Waals surface area contributed by atoms with Crippen LogP contribution in [0.15, 0.2) is 58.2 Å². The van der Waals surface area contributed by atoms with Crippen LogP contribution in [0.25, 0.3) is 0 Å². The zero-order chi connectivity index (χ0) is 13.7. The maximum Gasteiger partial charge on any atom is 0.111 e. The molecule has 1 unspecified atom stereocenters. The number of aliphatic hydroxyl groups is 1. The molecule has 0 radical (unpaired) electrons. The van der Waals surface area contributed by atoms with Crippen molar-refractivity contribution in [2.45, 2.75) is 10.6 Å². The highest BCUT2D eigenvalue weighted by Crippen LogP contribution is 2.31. The summed E-state index contributed by atoms with van der Waals surface area (Å²) >= 11 is 4.93. The van der Waals surface area contributed by atoms with E-state index in [2.05, 4.69) is 20.9 Å². The second-order valence-electron chi connectivity index (χ2n) is 4.18. The fourth-order valence-electron chi connectivity index (χ4n) is 1.67. The smallest absolute Gasteiger partial charge is 0.111 e. The van der Waals surface area contributed by atoms with Crippen LogP contribution in [0.2, 0.25) is 0 Å². The van der Waals surface area contributed by atoms with Gasteiger partial charge < -0.3 is 10.8 Å². The van der Waals surface area contributed by atoms with Gasteiger partial charge in [-0.15, -0.1) is 11.8 Å². The summed E-state index contributed by atoms with van der Waals surface area (Å²) in [6, 6.07) is 13.3. The number of benzene rings is 1. The number of rotatable bonds is 5. The molecule has 2 rings (SSSR count). The lowest BCUT2D eigenvalue weighted by molar-refractivity contribution is 0.0721. The molecule has 0 amide bonds. The van der Waals surface area contributed by atoms with Crippen molar-refractivity contribution in [3.05, 3.63) is 58.7 Å². The molecule has 19 heavy (non-hydrogen) atoms. The molecule has 3 N–H and O–H groups in total. The number of hydrogen-bond donors (Lipinski definition) is 2. The predicted octanol–water partition coefficient (Wildman–Crippen LogP) is 2.78.